The highest BCUT2D eigenvalue weighted by molar-refractivity contribution is 8.02. The van der Waals surface area contributed by atoms with Gasteiger partial charge in [-0.2, -0.15) is 8.61 Å². The second-order valence-electron chi connectivity index (χ2n) is 33.4. The first-order valence-corrected chi connectivity index (χ1v) is 47.6. The Balaban J connectivity index is 0.000000294. The molecule has 2 aromatic carbocycles. The summed E-state index contributed by atoms with van der Waals surface area (Å²) in [6.07, 6.45) is 11.6. The van der Waals surface area contributed by atoms with Crippen LogP contribution < -0.4 is 43.3 Å². The van der Waals surface area contributed by atoms with Crippen molar-refractivity contribution in [2.75, 3.05) is 118 Å². The number of sulfonamides is 2. The number of carbonyl (C=O) groups is 8. The Morgan fingerprint density at radius 2 is 0.838 bits per heavy atom. The highest BCUT2D eigenvalue weighted by Gasteiger charge is 2.53. The molecule has 6 N–H and O–H groups in total. The molecule has 8 aromatic rings. The van der Waals surface area contributed by atoms with E-state index in [1.165, 1.54) is 97.0 Å². The Bertz CT molecular complexity index is 5480. The number of hydrogen-bond acceptors (Lipinski definition) is 28. The third-order valence-corrected chi connectivity index (χ3v) is 26.8. The molecule has 0 spiro atoms. The molecule has 42 heteroatoms. The van der Waals surface area contributed by atoms with Crippen molar-refractivity contribution < 1.29 is 93.1 Å². The van der Waals surface area contributed by atoms with E-state index in [0.717, 1.165) is 21.5 Å². The van der Waals surface area contributed by atoms with E-state index in [0.29, 0.717) is 90.8 Å². The Kier molecular flexibility index (Phi) is 38.7. The number of ether oxygens (including phenoxy) is 8. The zero-order chi connectivity index (χ0) is 94.4. The number of pyridine rings is 4. The van der Waals surface area contributed by atoms with Gasteiger partial charge in [0.15, 0.2) is 11.3 Å². The topological polar surface area (TPSA) is 463 Å². The fraction of sp³-hybridized carbons (Fsp3) is 0.523. The molecular formula is C88H120N16O22S4. The van der Waals surface area contributed by atoms with Gasteiger partial charge < -0.3 is 69.8 Å². The van der Waals surface area contributed by atoms with Gasteiger partial charge in [-0.05, 0) is 166 Å². The van der Waals surface area contributed by atoms with Crippen LogP contribution in [0.2, 0.25) is 0 Å². The zero-order valence-electron chi connectivity index (χ0n) is 75.5. The standard InChI is InChI=1S/C45H62N8O12S2.C43H58N8O10S2/c1-44(2,3)65-42(57)35(50-41(56)39-45(4,5)66-31-52(39)67(59,60)34-10-7-17-46-29-34)28-32-12-14-33(15-13-32)53-40-36(11-8-18-49-40)51(43(53)58)30-38(55)48-20-23-64-27-26-63-22-16-37(54)47-19-9-21-62-25-24-61-6;1-7-8-19-45-35(52)17-22-59-24-25-60-23-21-46-36(53)28-49-34-12-10-20-47-38(34)51(41(49)56)31-15-13-30(14-16-31)26-33(40(55)61-42(2,3)4)48-39(54)37-43(5,6)62-29-50(37)63(57,58)32-11-9-18-44-27-32/h7-8,10-15,17-18,29,35,39H,9,16,19-28,30-31H2,1-6H3,(H,47,54)(H,48,55)(H,50,56);9-16,18,20,27,33,37H,7-8,17,19,21-26,28-29H2,1-6H3,(H,45,52)(H,46,53)(H,48,54)/t35-,39+;33-,37+/m00/s1. The zero-order valence-corrected chi connectivity index (χ0v) is 78.7. The first-order valence-electron chi connectivity index (χ1n) is 42.8. The third-order valence-electron chi connectivity index (χ3n) is 20.2. The van der Waals surface area contributed by atoms with Crippen molar-refractivity contribution in [1.29, 1.82) is 0 Å². The monoisotopic (exact) mass is 1880 g/mol. The van der Waals surface area contributed by atoms with Crippen LogP contribution in [-0.4, -0.2) is 274 Å². The lowest BCUT2D eigenvalue weighted by Gasteiger charge is -2.32. The van der Waals surface area contributed by atoms with Crippen LogP contribution in [-0.2, 0) is 122 Å². The first-order chi connectivity index (χ1) is 61.8. The van der Waals surface area contributed by atoms with Crippen LogP contribution in [0.15, 0.2) is 154 Å². The van der Waals surface area contributed by atoms with Gasteiger partial charge in [0.2, 0.25) is 55.5 Å². The summed E-state index contributed by atoms with van der Waals surface area (Å²) in [4.78, 5) is 150. The van der Waals surface area contributed by atoms with Gasteiger partial charge in [0.25, 0.3) is 0 Å². The maximum atomic E-state index is 14.1. The van der Waals surface area contributed by atoms with Gasteiger partial charge in [0.1, 0.15) is 58.2 Å². The number of benzene rings is 2. The highest BCUT2D eigenvalue weighted by atomic mass is 32.2. The Hall–Kier alpha value is -10.4. The molecule has 6 aromatic heterocycles. The molecule has 130 heavy (non-hydrogen) atoms. The number of methoxy groups -OCH3 is 1. The molecular weight excluding hydrogens is 1760 g/mol. The van der Waals surface area contributed by atoms with Gasteiger partial charge >= 0.3 is 23.3 Å². The second kappa shape index (κ2) is 48.7. The Labute approximate surface area is 764 Å². The number of carbonyl (C=O) groups excluding carboxylic acids is 8. The molecule has 4 atom stereocenters. The lowest BCUT2D eigenvalue weighted by atomic mass is 10.0. The molecule has 2 aliphatic rings. The van der Waals surface area contributed by atoms with E-state index in [1.54, 1.807) is 155 Å². The summed E-state index contributed by atoms with van der Waals surface area (Å²) < 4.78 is 105. The van der Waals surface area contributed by atoms with Gasteiger partial charge in [0.05, 0.1) is 100 Å². The molecule has 0 radical (unpaired) electrons. The second-order valence-corrected chi connectivity index (χ2v) is 40.4. The van der Waals surface area contributed by atoms with Crippen LogP contribution in [0.4, 0.5) is 0 Å². The van der Waals surface area contributed by atoms with Crippen molar-refractivity contribution in [3.05, 3.63) is 166 Å². The molecule has 8 heterocycles. The summed E-state index contributed by atoms with van der Waals surface area (Å²) in [7, 11) is -6.64. The largest absolute Gasteiger partial charge is 0.458 e. The van der Waals surface area contributed by atoms with Crippen LogP contribution in [0.5, 0.6) is 0 Å². The Morgan fingerprint density at radius 1 is 0.469 bits per heavy atom. The van der Waals surface area contributed by atoms with Gasteiger partial charge in [-0.1, -0.05) is 37.6 Å². The maximum Gasteiger partial charge on any atom is 0.335 e. The molecule has 10 rings (SSSR count). The fourth-order valence-corrected chi connectivity index (χ4v) is 20.0. The minimum atomic E-state index is -4.13. The van der Waals surface area contributed by atoms with Gasteiger partial charge in [-0.25, -0.2) is 55.1 Å². The number of nitrogens with zero attached hydrogens (tertiary/aromatic N) is 10. The lowest BCUT2D eigenvalue weighted by molar-refractivity contribution is -0.159. The van der Waals surface area contributed by atoms with E-state index in [2.05, 4.69) is 58.8 Å². The van der Waals surface area contributed by atoms with Crippen molar-refractivity contribution in [3.63, 3.8) is 0 Å². The van der Waals surface area contributed by atoms with Gasteiger partial charge in [0, 0.05) is 112 Å². The molecule has 2 aliphatic heterocycles. The van der Waals surface area contributed by atoms with E-state index < -0.39 is 112 Å². The summed E-state index contributed by atoms with van der Waals surface area (Å²) in [5.74, 6) is -3.69. The average molecular weight is 1880 g/mol. The summed E-state index contributed by atoms with van der Waals surface area (Å²) in [5.41, 5.74) is 0.818. The molecule has 6 amide bonds. The molecule has 0 unspecified atom stereocenters. The van der Waals surface area contributed by atoms with Gasteiger partial charge in [-0.15, -0.1) is 23.5 Å². The van der Waals surface area contributed by atoms with Gasteiger partial charge in [-0.3, -0.25) is 47.9 Å². The van der Waals surface area contributed by atoms with Crippen LogP contribution in [0.1, 0.15) is 119 Å². The predicted molar refractivity (Wildman–Crippen MR) is 488 cm³/mol. The molecule has 0 saturated carbocycles. The number of nitrogens with one attached hydrogen (secondary N) is 6. The Morgan fingerprint density at radius 3 is 1.22 bits per heavy atom. The van der Waals surface area contributed by atoms with E-state index in [9.17, 15) is 64.8 Å². The average Bonchev–Trinajstić information content (AvgIpc) is 1.64. The number of aromatic nitrogens is 8. The lowest BCUT2D eigenvalue weighted by Crippen LogP contribution is -2.57. The predicted octanol–water partition coefficient (Wildman–Crippen LogP) is 5.15. The van der Waals surface area contributed by atoms with E-state index in [4.69, 9.17) is 37.9 Å². The fourth-order valence-electron chi connectivity index (χ4n) is 13.8. The summed E-state index contributed by atoms with van der Waals surface area (Å²) in [5, 5.41) is 16.8. The molecule has 0 bridgehead atoms. The quantitative estimate of drug-likeness (QED) is 0.0212. The summed E-state index contributed by atoms with van der Waals surface area (Å²) in [6.45, 7) is 24.1. The van der Waals surface area contributed by atoms with Crippen molar-refractivity contribution in [3.8, 4) is 11.4 Å². The molecule has 2 fully saturated rings. The number of hydrogen-bond donors (Lipinski definition) is 6. The van der Waals surface area contributed by atoms with E-state index in [1.807, 2.05) is 0 Å². The van der Waals surface area contributed by atoms with Crippen molar-refractivity contribution in [2.45, 2.75) is 189 Å². The molecule has 708 valence electrons. The molecule has 0 aliphatic carbocycles. The molecule has 38 nitrogen and oxygen atoms in total. The van der Waals surface area contributed by atoms with Crippen LogP contribution in [0.25, 0.3) is 33.7 Å². The minimum absolute atomic E-state index is 0.0136. The number of esters is 2. The van der Waals surface area contributed by atoms with E-state index in [-0.39, 0.29) is 131 Å². The number of amides is 6. The third kappa shape index (κ3) is 29.8. The van der Waals surface area contributed by atoms with Crippen LogP contribution in [0, 0.1) is 0 Å². The number of thioether (sulfide) groups is 2. The smallest absolute Gasteiger partial charge is 0.335 e. The highest BCUT2D eigenvalue weighted by Crippen LogP contribution is 2.44. The number of unbranched alkanes of at least 4 members (excludes halogenated alkanes) is 1. The van der Waals surface area contributed by atoms with Crippen molar-refractivity contribution in [1.82, 2.24) is 78.7 Å². The SMILES string of the molecule is CCCCNC(=O)CCOCCOCCNC(=O)Cn1c(=O)n(-c2ccc(C[C@H](NC(=O)[C@H]3N(S(=O)(=O)c4cccnc4)CSC3(C)C)C(=O)OC(C)(C)C)cc2)c2ncccc21.COCCOCCCNC(=O)CCOCCOCCNC(=O)Cn1c(=O)n(-c2ccc(C[C@H](NC(=O)[C@H]3N(S(=O)(=O)c4cccnc4)CSC3(C)C)C(=O)OC(C)(C)C)cc2)c2ncccc21. The number of rotatable bonds is 48. The normalized spacial score (nSPS) is 15.7. The summed E-state index contributed by atoms with van der Waals surface area (Å²) in [6, 6.07) is 21.3. The maximum absolute atomic E-state index is 14.1. The molecule has 2 saturated heterocycles. The van der Waals surface area contributed by atoms with Crippen molar-refractivity contribution in [2.24, 2.45) is 0 Å². The summed E-state index contributed by atoms with van der Waals surface area (Å²) >= 11 is 2.61. The van der Waals surface area contributed by atoms with Crippen molar-refractivity contribution >= 4 is 113 Å². The minimum Gasteiger partial charge on any atom is -0.458 e. The number of fused-ring (bicyclic) bond motifs is 2. The van der Waals surface area contributed by atoms with Crippen LogP contribution >= 0.6 is 23.5 Å². The van der Waals surface area contributed by atoms with E-state index >= 15 is 0 Å². The first kappa shape index (κ1) is 103. The number of imidazole rings is 2. The van der Waals surface area contributed by atoms with Crippen LogP contribution in [0.3, 0.4) is 0 Å².